The van der Waals surface area contributed by atoms with Crippen molar-refractivity contribution in [3.05, 3.63) is 29.6 Å². The van der Waals surface area contributed by atoms with Crippen molar-refractivity contribution < 1.29 is 19.4 Å². The van der Waals surface area contributed by atoms with Crippen molar-refractivity contribution in [2.45, 2.75) is 51.0 Å². The Labute approximate surface area is 136 Å². The molecule has 126 valence electrons. The smallest absolute Gasteiger partial charge is 0.305 e. The summed E-state index contributed by atoms with van der Waals surface area (Å²) in [5.74, 6) is -1.27. The first kappa shape index (κ1) is 17.4. The third-order valence-electron chi connectivity index (χ3n) is 4.18. The molecule has 1 amide bonds. The zero-order valence-corrected chi connectivity index (χ0v) is 13.9. The third-order valence-corrected chi connectivity index (χ3v) is 4.18. The van der Waals surface area contributed by atoms with Crippen molar-refractivity contribution in [2.24, 2.45) is 0 Å². The number of nitrogens with zero attached hydrogens (tertiary/aromatic N) is 1. The molecule has 0 unspecified atom stereocenters. The van der Waals surface area contributed by atoms with Crippen LogP contribution in [0.1, 0.15) is 56.1 Å². The Hall–Kier alpha value is -1.95. The predicted octanol–water partition coefficient (Wildman–Crippen LogP) is 2.13. The van der Waals surface area contributed by atoms with E-state index in [1.165, 1.54) is 0 Å². The van der Waals surface area contributed by atoms with Gasteiger partial charge in [0.1, 0.15) is 5.69 Å². The molecule has 0 aromatic carbocycles. The number of hydrogen-bond acceptors (Lipinski definition) is 4. The lowest BCUT2D eigenvalue weighted by Crippen LogP contribution is -2.53. The van der Waals surface area contributed by atoms with Gasteiger partial charge in [0.05, 0.1) is 12.0 Å². The van der Waals surface area contributed by atoms with Gasteiger partial charge < -0.3 is 15.2 Å². The maximum Gasteiger partial charge on any atom is 0.305 e. The van der Waals surface area contributed by atoms with Gasteiger partial charge in [-0.15, -0.1) is 0 Å². The number of rotatable bonds is 4. The molecule has 1 aromatic heterocycles. The van der Waals surface area contributed by atoms with Crippen molar-refractivity contribution in [1.29, 1.82) is 0 Å². The summed E-state index contributed by atoms with van der Waals surface area (Å²) in [5, 5.41) is 12.0. The van der Waals surface area contributed by atoms with E-state index in [2.05, 4.69) is 31.1 Å². The van der Waals surface area contributed by atoms with Gasteiger partial charge in [0.2, 0.25) is 0 Å². The Balaban J connectivity index is 2.13. The van der Waals surface area contributed by atoms with Crippen LogP contribution in [0, 0.1) is 0 Å². The minimum absolute atomic E-state index is 0.0345. The first-order chi connectivity index (χ1) is 10.7. The van der Waals surface area contributed by atoms with Gasteiger partial charge in [0, 0.05) is 19.4 Å². The van der Waals surface area contributed by atoms with E-state index in [4.69, 9.17) is 9.84 Å². The van der Waals surface area contributed by atoms with E-state index >= 15 is 0 Å². The lowest BCUT2D eigenvalue weighted by Gasteiger charge is -2.36. The number of aliphatic carboxylic acids is 1. The SMILES string of the molecule is CC(C)(C)c1ccc(C(=O)NC2(CC(=O)O)CCOCC2)nc1. The minimum atomic E-state index is -0.928. The molecule has 23 heavy (non-hydrogen) atoms. The van der Waals surface area contributed by atoms with Crippen LogP contribution in [0.3, 0.4) is 0 Å². The molecule has 6 heteroatoms. The molecule has 0 aliphatic carbocycles. The highest BCUT2D eigenvalue weighted by Crippen LogP contribution is 2.25. The van der Waals surface area contributed by atoms with Gasteiger partial charge in [-0.3, -0.25) is 14.6 Å². The van der Waals surface area contributed by atoms with Crippen LogP contribution in [0.2, 0.25) is 0 Å². The van der Waals surface area contributed by atoms with E-state index in [0.29, 0.717) is 31.7 Å². The lowest BCUT2D eigenvalue weighted by atomic mass is 9.86. The van der Waals surface area contributed by atoms with E-state index in [0.717, 1.165) is 5.56 Å². The Morgan fingerprint density at radius 1 is 1.30 bits per heavy atom. The molecule has 0 atom stereocenters. The summed E-state index contributed by atoms with van der Waals surface area (Å²) in [6.45, 7) is 7.13. The lowest BCUT2D eigenvalue weighted by molar-refractivity contribution is -0.139. The third kappa shape index (κ3) is 4.51. The number of ether oxygens (including phenoxy) is 1. The van der Waals surface area contributed by atoms with Crippen LogP contribution in [-0.4, -0.2) is 40.7 Å². The average molecular weight is 320 g/mol. The molecule has 0 bridgehead atoms. The van der Waals surface area contributed by atoms with Crippen LogP contribution < -0.4 is 5.32 Å². The highest BCUT2D eigenvalue weighted by Gasteiger charge is 2.36. The van der Waals surface area contributed by atoms with Crippen LogP contribution in [-0.2, 0) is 14.9 Å². The summed E-state index contributed by atoms with van der Waals surface area (Å²) in [6.07, 6.45) is 2.57. The highest BCUT2D eigenvalue weighted by atomic mass is 16.5. The van der Waals surface area contributed by atoms with Gasteiger partial charge in [-0.05, 0) is 29.9 Å². The first-order valence-electron chi connectivity index (χ1n) is 7.80. The zero-order chi connectivity index (χ0) is 17.1. The summed E-state index contributed by atoms with van der Waals surface area (Å²) in [7, 11) is 0. The van der Waals surface area contributed by atoms with Crippen molar-refractivity contribution in [1.82, 2.24) is 10.3 Å². The molecule has 1 fully saturated rings. The Bertz CT molecular complexity index is 569. The highest BCUT2D eigenvalue weighted by molar-refractivity contribution is 5.93. The van der Waals surface area contributed by atoms with E-state index in [1.54, 1.807) is 12.3 Å². The topological polar surface area (TPSA) is 88.5 Å². The van der Waals surface area contributed by atoms with Gasteiger partial charge in [-0.1, -0.05) is 26.8 Å². The molecule has 1 saturated heterocycles. The molecular weight excluding hydrogens is 296 g/mol. The van der Waals surface area contributed by atoms with Gasteiger partial charge in [-0.2, -0.15) is 0 Å². The first-order valence-corrected chi connectivity index (χ1v) is 7.80. The van der Waals surface area contributed by atoms with Crippen LogP contribution in [0.4, 0.5) is 0 Å². The zero-order valence-electron chi connectivity index (χ0n) is 13.9. The number of amides is 1. The van der Waals surface area contributed by atoms with E-state index in [1.807, 2.05) is 6.07 Å². The van der Waals surface area contributed by atoms with E-state index in [-0.39, 0.29) is 17.7 Å². The largest absolute Gasteiger partial charge is 0.481 e. The normalized spacial score (nSPS) is 17.5. The molecule has 0 radical (unpaired) electrons. The monoisotopic (exact) mass is 320 g/mol. The van der Waals surface area contributed by atoms with Gasteiger partial charge >= 0.3 is 5.97 Å². The van der Waals surface area contributed by atoms with E-state index < -0.39 is 11.5 Å². The number of carboxylic acid groups (broad SMARTS) is 1. The van der Waals surface area contributed by atoms with Gasteiger partial charge in [0.25, 0.3) is 5.91 Å². The molecule has 1 aliphatic rings. The molecule has 2 N–H and O–H groups in total. The molecule has 1 aliphatic heterocycles. The molecule has 0 saturated carbocycles. The number of hydrogen-bond donors (Lipinski definition) is 2. The second-order valence-corrected chi connectivity index (χ2v) is 7.10. The molecule has 2 heterocycles. The molecule has 0 spiro atoms. The fourth-order valence-corrected chi connectivity index (χ4v) is 2.67. The summed E-state index contributed by atoms with van der Waals surface area (Å²) < 4.78 is 5.29. The van der Waals surface area contributed by atoms with Gasteiger partial charge in [-0.25, -0.2) is 0 Å². The number of carbonyl (C=O) groups excluding carboxylic acids is 1. The maximum absolute atomic E-state index is 12.5. The van der Waals surface area contributed by atoms with Crippen LogP contribution in [0.15, 0.2) is 18.3 Å². The quantitative estimate of drug-likeness (QED) is 0.887. The minimum Gasteiger partial charge on any atom is -0.481 e. The fraction of sp³-hybridized carbons (Fsp3) is 0.588. The number of carboxylic acids is 1. The summed E-state index contributed by atoms with van der Waals surface area (Å²) in [6, 6.07) is 3.57. The second-order valence-electron chi connectivity index (χ2n) is 7.10. The summed E-state index contributed by atoms with van der Waals surface area (Å²) >= 11 is 0. The van der Waals surface area contributed by atoms with Crippen molar-refractivity contribution in [2.75, 3.05) is 13.2 Å². The molecule has 1 aromatic rings. The predicted molar refractivity (Wildman–Crippen MR) is 85.4 cm³/mol. The van der Waals surface area contributed by atoms with Crippen LogP contribution >= 0.6 is 0 Å². The Kier molecular flexibility index (Phi) is 5.04. The number of nitrogens with one attached hydrogen (secondary N) is 1. The van der Waals surface area contributed by atoms with Crippen molar-refractivity contribution >= 4 is 11.9 Å². The van der Waals surface area contributed by atoms with Crippen molar-refractivity contribution in [3.8, 4) is 0 Å². The van der Waals surface area contributed by atoms with Crippen molar-refractivity contribution in [3.63, 3.8) is 0 Å². The summed E-state index contributed by atoms with van der Waals surface area (Å²) in [5.41, 5.74) is 0.549. The Morgan fingerprint density at radius 3 is 2.43 bits per heavy atom. The average Bonchev–Trinajstić information content (AvgIpc) is 2.46. The second kappa shape index (κ2) is 6.66. The fourth-order valence-electron chi connectivity index (χ4n) is 2.67. The standard InChI is InChI=1S/C17H24N2O4/c1-16(2,3)12-4-5-13(18-11-12)15(22)19-17(10-14(20)21)6-8-23-9-7-17/h4-5,11H,6-10H2,1-3H3,(H,19,22)(H,20,21). The number of carbonyl (C=O) groups is 2. The van der Waals surface area contributed by atoms with Gasteiger partial charge in [0.15, 0.2) is 0 Å². The maximum atomic E-state index is 12.5. The Morgan fingerprint density at radius 2 is 1.96 bits per heavy atom. The number of pyridine rings is 1. The molecule has 2 rings (SSSR count). The summed E-state index contributed by atoms with van der Waals surface area (Å²) in [4.78, 5) is 27.8. The number of aromatic nitrogens is 1. The van der Waals surface area contributed by atoms with E-state index in [9.17, 15) is 9.59 Å². The molecule has 6 nitrogen and oxygen atoms in total. The molecular formula is C17H24N2O4. The van der Waals surface area contributed by atoms with Crippen LogP contribution in [0.25, 0.3) is 0 Å². The van der Waals surface area contributed by atoms with Crippen LogP contribution in [0.5, 0.6) is 0 Å².